The fourth-order valence-corrected chi connectivity index (χ4v) is 2.83. The number of carbonyl (C=O) groups is 2. The molecular formula is C18H17NO7S. The second-order valence-corrected chi connectivity index (χ2v) is 6.06. The minimum absolute atomic E-state index is 0.00935. The Kier molecular flexibility index (Phi) is 6.78. The number of nitrogens with zero attached hydrogens (tertiary/aromatic N) is 1. The van der Waals surface area contributed by atoms with Crippen LogP contribution in [0.4, 0.5) is 5.69 Å². The van der Waals surface area contributed by atoms with Gasteiger partial charge in [-0.25, -0.2) is 4.79 Å². The van der Waals surface area contributed by atoms with Gasteiger partial charge in [0.15, 0.2) is 6.61 Å². The Morgan fingerprint density at radius 3 is 2.44 bits per heavy atom. The molecule has 0 saturated heterocycles. The molecule has 0 bridgehead atoms. The standard InChI is InChI=1S/C18H17NO7S/c1-24-12-5-6-16(25-2)13(9-12)15(20)10-26-18(21)11-4-7-17(27-3)14(8-11)19(22)23/h4-9H,10H2,1-3H3. The van der Waals surface area contributed by atoms with Crippen LogP contribution in [0.5, 0.6) is 11.5 Å². The van der Waals surface area contributed by atoms with Gasteiger partial charge in [0.25, 0.3) is 5.69 Å². The van der Waals surface area contributed by atoms with E-state index in [1.165, 1.54) is 44.2 Å². The molecule has 142 valence electrons. The fourth-order valence-electron chi connectivity index (χ4n) is 2.28. The van der Waals surface area contributed by atoms with E-state index in [4.69, 9.17) is 14.2 Å². The maximum absolute atomic E-state index is 12.4. The highest BCUT2D eigenvalue weighted by molar-refractivity contribution is 7.98. The molecule has 0 aromatic heterocycles. The zero-order chi connectivity index (χ0) is 20.0. The summed E-state index contributed by atoms with van der Waals surface area (Å²) in [5, 5.41) is 11.1. The van der Waals surface area contributed by atoms with Crippen molar-refractivity contribution in [2.75, 3.05) is 27.1 Å². The Morgan fingerprint density at radius 1 is 1.11 bits per heavy atom. The average molecular weight is 391 g/mol. The third-order valence-corrected chi connectivity index (χ3v) is 4.44. The highest BCUT2D eigenvalue weighted by Gasteiger charge is 2.20. The third kappa shape index (κ3) is 4.76. The van der Waals surface area contributed by atoms with Gasteiger partial charge in [0.2, 0.25) is 5.78 Å². The third-order valence-electron chi connectivity index (χ3n) is 3.65. The number of Topliss-reactive ketones (excluding diaryl/α,β-unsaturated/α-hetero) is 1. The van der Waals surface area contributed by atoms with Crippen LogP contribution in [-0.4, -0.2) is 43.8 Å². The van der Waals surface area contributed by atoms with E-state index in [2.05, 4.69) is 0 Å². The Hall–Kier alpha value is -3.07. The molecule has 2 rings (SSSR count). The first-order valence-corrected chi connectivity index (χ1v) is 8.88. The number of benzene rings is 2. The van der Waals surface area contributed by atoms with E-state index in [0.717, 1.165) is 6.07 Å². The normalized spacial score (nSPS) is 10.2. The Labute approximate surface area is 159 Å². The van der Waals surface area contributed by atoms with E-state index in [-0.39, 0.29) is 16.8 Å². The van der Waals surface area contributed by atoms with Crippen LogP contribution in [-0.2, 0) is 4.74 Å². The van der Waals surface area contributed by atoms with Crippen molar-refractivity contribution in [2.45, 2.75) is 4.90 Å². The molecule has 0 atom stereocenters. The van der Waals surface area contributed by atoms with Crippen LogP contribution in [0.2, 0.25) is 0 Å². The van der Waals surface area contributed by atoms with E-state index >= 15 is 0 Å². The Morgan fingerprint density at radius 2 is 1.85 bits per heavy atom. The van der Waals surface area contributed by atoms with Crippen molar-refractivity contribution in [1.82, 2.24) is 0 Å². The lowest BCUT2D eigenvalue weighted by Crippen LogP contribution is -2.15. The first-order chi connectivity index (χ1) is 12.9. The van der Waals surface area contributed by atoms with Gasteiger partial charge in [-0.3, -0.25) is 14.9 Å². The monoisotopic (exact) mass is 391 g/mol. The largest absolute Gasteiger partial charge is 0.497 e. The van der Waals surface area contributed by atoms with E-state index in [0.29, 0.717) is 16.4 Å². The molecule has 0 fully saturated rings. The Balaban J connectivity index is 2.15. The van der Waals surface area contributed by atoms with Gasteiger partial charge in [-0.1, -0.05) is 0 Å². The summed E-state index contributed by atoms with van der Waals surface area (Å²) in [6, 6.07) is 8.69. The summed E-state index contributed by atoms with van der Waals surface area (Å²) in [6.07, 6.45) is 1.69. The Bertz CT molecular complexity index is 882. The van der Waals surface area contributed by atoms with Crippen LogP contribution in [0.1, 0.15) is 20.7 Å². The summed E-state index contributed by atoms with van der Waals surface area (Å²) in [5.41, 5.74) is -0.00369. The fraction of sp³-hybridized carbons (Fsp3) is 0.222. The summed E-state index contributed by atoms with van der Waals surface area (Å²) < 4.78 is 15.2. The van der Waals surface area contributed by atoms with Crippen molar-refractivity contribution in [3.63, 3.8) is 0 Å². The quantitative estimate of drug-likeness (QED) is 0.222. The van der Waals surface area contributed by atoms with Crippen molar-refractivity contribution in [3.05, 3.63) is 57.6 Å². The number of hydrogen-bond acceptors (Lipinski definition) is 8. The SMILES string of the molecule is COc1ccc(OC)c(C(=O)COC(=O)c2ccc(SC)c([N+](=O)[O-])c2)c1. The van der Waals surface area contributed by atoms with E-state index in [9.17, 15) is 19.7 Å². The van der Waals surface area contributed by atoms with Gasteiger partial charge >= 0.3 is 5.97 Å². The summed E-state index contributed by atoms with van der Waals surface area (Å²) in [6.45, 7) is -0.541. The number of hydrogen-bond donors (Lipinski definition) is 0. The molecule has 0 amide bonds. The molecule has 0 aliphatic rings. The number of thioether (sulfide) groups is 1. The van der Waals surface area contributed by atoms with Gasteiger partial charge in [0.05, 0.1) is 35.2 Å². The lowest BCUT2D eigenvalue weighted by molar-refractivity contribution is -0.387. The lowest BCUT2D eigenvalue weighted by atomic mass is 10.1. The number of esters is 1. The van der Waals surface area contributed by atoms with Crippen molar-refractivity contribution < 1.29 is 28.7 Å². The van der Waals surface area contributed by atoms with Crippen LogP contribution >= 0.6 is 11.8 Å². The molecule has 0 unspecified atom stereocenters. The first-order valence-electron chi connectivity index (χ1n) is 7.66. The topological polar surface area (TPSA) is 105 Å². The highest BCUT2D eigenvalue weighted by Crippen LogP contribution is 2.29. The van der Waals surface area contributed by atoms with Gasteiger partial charge < -0.3 is 14.2 Å². The van der Waals surface area contributed by atoms with Crippen molar-refractivity contribution in [2.24, 2.45) is 0 Å². The molecule has 0 saturated carbocycles. The molecule has 0 aliphatic carbocycles. The second-order valence-electron chi connectivity index (χ2n) is 5.21. The maximum Gasteiger partial charge on any atom is 0.338 e. The predicted octanol–water partition coefficient (Wildman–Crippen LogP) is 3.37. The zero-order valence-corrected chi connectivity index (χ0v) is 15.7. The molecule has 0 radical (unpaired) electrons. The molecule has 0 N–H and O–H groups in total. The molecule has 9 heteroatoms. The molecule has 27 heavy (non-hydrogen) atoms. The molecular weight excluding hydrogens is 374 g/mol. The highest BCUT2D eigenvalue weighted by atomic mass is 32.2. The van der Waals surface area contributed by atoms with Crippen LogP contribution in [0.3, 0.4) is 0 Å². The van der Waals surface area contributed by atoms with E-state index < -0.39 is 23.3 Å². The molecule has 2 aromatic rings. The van der Waals surface area contributed by atoms with E-state index in [1.807, 2.05) is 0 Å². The summed E-state index contributed by atoms with van der Waals surface area (Å²) in [7, 11) is 2.87. The van der Waals surface area contributed by atoms with Gasteiger partial charge in [-0.15, -0.1) is 11.8 Å². The summed E-state index contributed by atoms with van der Waals surface area (Å²) in [4.78, 5) is 35.5. The molecule has 0 spiro atoms. The van der Waals surface area contributed by atoms with Crippen molar-refractivity contribution >= 4 is 29.2 Å². The number of methoxy groups -OCH3 is 2. The molecule has 0 heterocycles. The lowest BCUT2D eigenvalue weighted by Gasteiger charge is -2.10. The number of nitro groups is 1. The predicted molar refractivity (Wildman–Crippen MR) is 99.0 cm³/mol. The first kappa shape index (κ1) is 20.2. The molecule has 2 aromatic carbocycles. The molecule has 8 nitrogen and oxygen atoms in total. The van der Waals surface area contributed by atoms with Crippen LogP contribution in [0, 0.1) is 10.1 Å². The molecule has 0 aliphatic heterocycles. The zero-order valence-electron chi connectivity index (χ0n) is 14.9. The minimum atomic E-state index is -0.832. The van der Waals surface area contributed by atoms with Crippen LogP contribution in [0.15, 0.2) is 41.3 Å². The van der Waals surface area contributed by atoms with Gasteiger partial charge in [-0.05, 0) is 36.6 Å². The number of carbonyl (C=O) groups excluding carboxylic acids is 2. The van der Waals surface area contributed by atoms with E-state index in [1.54, 1.807) is 18.4 Å². The second kappa shape index (κ2) is 9.04. The smallest absolute Gasteiger partial charge is 0.338 e. The van der Waals surface area contributed by atoms with Gasteiger partial charge in [0.1, 0.15) is 11.5 Å². The van der Waals surface area contributed by atoms with Crippen molar-refractivity contribution in [3.8, 4) is 11.5 Å². The summed E-state index contributed by atoms with van der Waals surface area (Å²) >= 11 is 1.19. The number of ketones is 1. The maximum atomic E-state index is 12.4. The minimum Gasteiger partial charge on any atom is -0.497 e. The number of ether oxygens (including phenoxy) is 3. The van der Waals surface area contributed by atoms with Crippen molar-refractivity contribution in [1.29, 1.82) is 0 Å². The van der Waals surface area contributed by atoms with Gasteiger partial charge in [-0.2, -0.15) is 0 Å². The van der Waals surface area contributed by atoms with Crippen LogP contribution < -0.4 is 9.47 Å². The van der Waals surface area contributed by atoms with Crippen LogP contribution in [0.25, 0.3) is 0 Å². The number of nitro benzene ring substituents is 1. The average Bonchev–Trinajstić information content (AvgIpc) is 2.70. The number of rotatable bonds is 8. The van der Waals surface area contributed by atoms with Gasteiger partial charge in [0, 0.05) is 6.07 Å². The summed E-state index contributed by atoms with van der Waals surface area (Å²) in [5.74, 6) is -0.555.